The Kier molecular flexibility index (Phi) is 5.15. The molecule has 0 saturated heterocycles. The van der Waals surface area contributed by atoms with Gasteiger partial charge >= 0.3 is 0 Å². The Labute approximate surface area is 102 Å². The van der Waals surface area contributed by atoms with Gasteiger partial charge in [0.1, 0.15) is 0 Å². The van der Waals surface area contributed by atoms with Crippen LogP contribution >= 0.6 is 0 Å². The lowest BCUT2D eigenvalue weighted by molar-refractivity contribution is -0.125. The molecule has 0 aliphatic carbocycles. The Morgan fingerprint density at radius 2 is 2.29 bits per heavy atom. The second-order valence-corrected chi connectivity index (χ2v) is 4.73. The van der Waals surface area contributed by atoms with Crippen LogP contribution in [0.5, 0.6) is 0 Å². The van der Waals surface area contributed by atoms with Crippen molar-refractivity contribution in [1.82, 2.24) is 15.1 Å². The van der Waals surface area contributed by atoms with Gasteiger partial charge in [-0.25, -0.2) is 0 Å². The second-order valence-electron chi connectivity index (χ2n) is 4.73. The van der Waals surface area contributed by atoms with E-state index in [0.29, 0.717) is 19.0 Å². The number of hydrogen-bond acceptors (Lipinski definition) is 3. The van der Waals surface area contributed by atoms with E-state index < -0.39 is 0 Å². The Bertz CT molecular complexity index is 359. The van der Waals surface area contributed by atoms with Crippen molar-refractivity contribution in [3.05, 3.63) is 18.0 Å². The highest BCUT2D eigenvalue weighted by Gasteiger charge is 2.17. The van der Waals surface area contributed by atoms with Crippen LogP contribution in [0.1, 0.15) is 26.0 Å². The Hall–Kier alpha value is -1.36. The first-order chi connectivity index (χ1) is 8.04. The summed E-state index contributed by atoms with van der Waals surface area (Å²) in [4.78, 5) is 11.9. The highest BCUT2D eigenvalue weighted by atomic mass is 16.1. The highest BCUT2D eigenvalue weighted by molar-refractivity contribution is 5.78. The van der Waals surface area contributed by atoms with Gasteiger partial charge < -0.3 is 11.1 Å². The van der Waals surface area contributed by atoms with E-state index >= 15 is 0 Å². The van der Waals surface area contributed by atoms with Crippen molar-refractivity contribution < 1.29 is 4.79 Å². The molecule has 0 bridgehead atoms. The molecular weight excluding hydrogens is 216 g/mol. The minimum absolute atomic E-state index is 0.0300. The molecule has 1 aromatic heterocycles. The summed E-state index contributed by atoms with van der Waals surface area (Å²) in [7, 11) is 1.86. The predicted molar refractivity (Wildman–Crippen MR) is 67.1 cm³/mol. The number of nitrogens with two attached hydrogens (primary N) is 1. The standard InChI is InChI=1S/C12H22N4O/c1-9(2)6-10(7-13)12(17)14-8-11-4-5-15-16(11)3/h4-5,9-10H,6-8,13H2,1-3H3,(H,14,17). The summed E-state index contributed by atoms with van der Waals surface area (Å²) in [5.41, 5.74) is 6.61. The fraction of sp³-hybridized carbons (Fsp3) is 0.667. The molecule has 0 aliphatic heterocycles. The molecule has 0 spiro atoms. The van der Waals surface area contributed by atoms with Crippen LogP contribution in [0.25, 0.3) is 0 Å². The lowest BCUT2D eigenvalue weighted by Crippen LogP contribution is -2.35. The fourth-order valence-corrected chi connectivity index (χ4v) is 1.78. The Balaban J connectivity index is 2.45. The van der Waals surface area contributed by atoms with E-state index in [1.807, 2.05) is 13.1 Å². The molecule has 1 unspecified atom stereocenters. The van der Waals surface area contributed by atoms with Gasteiger partial charge in [-0.3, -0.25) is 9.48 Å². The maximum Gasteiger partial charge on any atom is 0.224 e. The maximum absolute atomic E-state index is 11.9. The van der Waals surface area contributed by atoms with Gasteiger partial charge in [-0.05, 0) is 18.4 Å². The van der Waals surface area contributed by atoms with Gasteiger partial charge in [0.15, 0.2) is 0 Å². The summed E-state index contributed by atoms with van der Waals surface area (Å²) in [5.74, 6) is 0.414. The molecule has 1 rings (SSSR count). The summed E-state index contributed by atoms with van der Waals surface area (Å²) < 4.78 is 1.75. The predicted octanol–water partition coefficient (Wildman–Crippen LogP) is 0.657. The van der Waals surface area contributed by atoms with Crippen molar-refractivity contribution in [2.45, 2.75) is 26.8 Å². The maximum atomic E-state index is 11.9. The van der Waals surface area contributed by atoms with Crippen molar-refractivity contribution in [3.63, 3.8) is 0 Å². The van der Waals surface area contributed by atoms with Gasteiger partial charge in [0.2, 0.25) is 5.91 Å². The zero-order valence-electron chi connectivity index (χ0n) is 10.8. The lowest BCUT2D eigenvalue weighted by atomic mass is 9.96. The van der Waals surface area contributed by atoms with Gasteiger partial charge in [-0.1, -0.05) is 13.8 Å². The molecule has 0 fully saturated rings. The number of aryl methyl sites for hydroxylation is 1. The van der Waals surface area contributed by atoms with E-state index in [9.17, 15) is 4.79 Å². The van der Waals surface area contributed by atoms with Gasteiger partial charge in [0.05, 0.1) is 18.2 Å². The monoisotopic (exact) mass is 238 g/mol. The fourth-order valence-electron chi connectivity index (χ4n) is 1.78. The summed E-state index contributed by atoms with van der Waals surface area (Å²) in [6.07, 6.45) is 2.55. The van der Waals surface area contributed by atoms with E-state index in [-0.39, 0.29) is 11.8 Å². The molecule has 5 nitrogen and oxygen atoms in total. The first-order valence-corrected chi connectivity index (χ1v) is 5.99. The van der Waals surface area contributed by atoms with Crippen LogP contribution in [0, 0.1) is 11.8 Å². The summed E-state index contributed by atoms with van der Waals surface area (Å²) in [6, 6.07) is 1.89. The molecule has 0 aliphatic rings. The molecule has 1 atom stereocenters. The van der Waals surface area contributed by atoms with Gasteiger partial charge in [0.25, 0.3) is 0 Å². The minimum atomic E-state index is -0.0942. The number of amides is 1. The summed E-state index contributed by atoms with van der Waals surface area (Å²) in [6.45, 7) is 5.09. The van der Waals surface area contributed by atoms with Crippen molar-refractivity contribution in [1.29, 1.82) is 0 Å². The third-order valence-electron chi connectivity index (χ3n) is 2.78. The third kappa shape index (κ3) is 4.19. The first-order valence-electron chi connectivity index (χ1n) is 5.99. The van der Waals surface area contributed by atoms with E-state index in [2.05, 4.69) is 24.3 Å². The van der Waals surface area contributed by atoms with Crippen molar-refractivity contribution in [3.8, 4) is 0 Å². The molecular formula is C12H22N4O. The molecule has 3 N–H and O–H groups in total. The van der Waals surface area contributed by atoms with Gasteiger partial charge in [-0.2, -0.15) is 5.10 Å². The molecule has 1 amide bonds. The number of nitrogens with one attached hydrogen (secondary N) is 1. The largest absolute Gasteiger partial charge is 0.350 e. The van der Waals surface area contributed by atoms with Crippen molar-refractivity contribution >= 4 is 5.91 Å². The number of aromatic nitrogens is 2. The van der Waals surface area contributed by atoms with E-state index in [4.69, 9.17) is 5.73 Å². The molecule has 0 aromatic carbocycles. The van der Waals surface area contributed by atoms with Crippen LogP contribution in [0.2, 0.25) is 0 Å². The quantitative estimate of drug-likeness (QED) is 0.764. The third-order valence-corrected chi connectivity index (χ3v) is 2.78. The van der Waals surface area contributed by atoms with Crippen LogP contribution in [0.3, 0.4) is 0 Å². The van der Waals surface area contributed by atoms with Gasteiger partial charge in [-0.15, -0.1) is 0 Å². The SMILES string of the molecule is CC(C)CC(CN)C(=O)NCc1ccnn1C. The van der Waals surface area contributed by atoms with Crippen LogP contribution < -0.4 is 11.1 Å². The average molecular weight is 238 g/mol. The number of hydrogen-bond donors (Lipinski definition) is 2. The summed E-state index contributed by atoms with van der Waals surface area (Å²) in [5, 5.41) is 6.95. The normalized spacial score (nSPS) is 12.8. The van der Waals surface area contributed by atoms with Crippen LogP contribution in [0.4, 0.5) is 0 Å². The first kappa shape index (κ1) is 13.7. The van der Waals surface area contributed by atoms with Crippen molar-refractivity contribution in [2.24, 2.45) is 24.6 Å². The Morgan fingerprint density at radius 1 is 1.59 bits per heavy atom. The second kappa shape index (κ2) is 6.39. The lowest BCUT2D eigenvalue weighted by Gasteiger charge is -2.16. The van der Waals surface area contributed by atoms with Crippen LogP contribution in [-0.2, 0) is 18.4 Å². The molecule has 1 heterocycles. The molecule has 0 radical (unpaired) electrons. The van der Waals surface area contributed by atoms with Crippen LogP contribution in [-0.4, -0.2) is 22.2 Å². The molecule has 17 heavy (non-hydrogen) atoms. The van der Waals surface area contributed by atoms with E-state index in [1.54, 1.807) is 10.9 Å². The number of nitrogens with zero attached hydrogens (tertiary/aromatic N) is 2. The zero-order chi connectivity index (χ0) is 12.8. The molecule has 1 aromatic rings. The van der Waals surface area contributed by atoms with E-state index in [0.717, 1.165) is 12.1 Å². The van der Waals surface area contributed by atoms with Crippen LogP contribution in [0.15, 0.2) is 12.3 Å². The van der Waals surface area contributed by atoms with Crippen molar-refractivity contribution in [2.75, 3.05) is 6.54 Å². The molecule has 0 saturated carbocycles. The van der Waals surface area contributed by atoms with E-state index in [1.165, 1.54) is 0 Å². The molecule has 5 heteroatoms. The summed E-state index contributed by atoms with van der Waals surface area (Å²) >= 11 is 0. The number of carbonyl (C=O) groups is 1. The molecule has 96 valence electrons. The minimum Gasteiger partial charge on any atom is -0.350 e. The average Bonchev–Trinajstić information content (AvgIpc) is 2.68. The zero-order valence-corrected chi connectivity index (χ0v) is 10.8. The smallest absolute Gasteiger partial charge is 0.224 e. The Morgan fingerprint density at radius 3 is 2.76 bits per heavy atom. The topological polar surface area (TPSA) is 72.9 Å². The number of rotatable bonds is 6. The highest BCUT2D eigenvalue weighted by Crippen LogP contribution is 2.10. The van der Waals surface area contributed by atoms with Gasteiger partial charge in [0, 0.05) is 19.8 Å². The number of carbonyl (C=O) groups excluding carboxylic acids is 1.